The van der Waals surface area contributed by atoms with Crippen LogP contribution in [0.15, 0.2) is 0 Å². The van der Waals surface area contributed by atoms with Crippen LogP contribution >= 0.6 is 12.6 Å². The molecule has 0 aliphatic rings. The number of thiol groups is 1. The molecule has 0 spiro atoms. The van der Waals surface area contributed by atoms with E-state index in [0.717, 1.165) is 0 Å². The zero-order valence-electron chi connectivity index (χ0n) is 17.4. The lowest BCUT2D eigenvalue weighted by Gasteiger charge is -2.24. The van der Waals surface area contributed by atoms with E-state index in [1.165, 1.54) is 6.92 Å². The molecular weight excluding hydrogens is 448 g/mol. The summed E-state index contributed by atoms with van der Waals surface area (Å²) in [6.45, 7) is 1.28. The van der Waals surface area contributed by atoms with Gasteiger partial charge in [0, 0.05) is 18.6 Å². The number of rotatable bonds is 15. The minimum atomic E-state index is -1.48. The second-order valence-corrected chi connectivity index (χ2v) is 7.35. The molecule has 0 aliphatic heterocycles. The van der Waals surface area contributed by atoms with Crippen molar-refractivity contribution in [3.8, 4) is 0 Å². The van der Waals surface area contributed by atoms with E-state index in [4.69, 9.17) is 17.2 Å². The lowest BCUT2D eigenvalue weighted by Crippen LogP contribution is -2.58. The normalized spacial score (nSPS) is 15.4. The standard InChI is InChI=1S/C17H30N6O8S/c1-7(24)13(20)16(29)23-10(6-32)15(28)21-8(2-4-11(18)25)14(27)22-9(17(30)31)3-5-12(19)26/h7-10,13,24,32H,2-6,20H2,1H3,(H2,18,25)(H2,19,26)(H,21,28)(H,22,27)(H,23,29)(H,30,31). The Morgan fingerprint density at radius 2 is 1.22 bits per heavy atom. The van der Waals surface area contributed by atoms with E-state index in [-0.39, 0.29) is 31.4 Å². The van der Waals surface area contributed by atoms with Gasteiger partial charge in [-0.3, -0.25) is 24.0 Å². The van der Waals surface area contributed by atoms with Crippen molar-refractivity contribution in [2.45, 2.75) is 62.9 Å². The van der Waals surface area contributed by atoms with Crippen molar-refractivity contribution < 1.29 is 39.0 Å². The van der Waals surface area contributed by atoms with Gasteiger partial charge in [-0.1, -0.05) is 0 Å². The third-order valence-corrected chi connectivity index (χ3v) is 4.61. The fourth-order valence-electron chi connectivity index (χ4n) is 2.33. The van der Waals surface area contributed by atoms with Crippen molar-refractivity contribution in [1.29, 1.82) is 0 Å². The average Bonchev–Trinajstić information content (AvgIpc) is 2.70. The van der Waals surface area contributed by atoms with E-state index < -0.39 is 65.8 Å². The van der Waals surface area contributed by atoms with Crippen LogP contribution in [-0.2, 0) is 28.8 Å². The molecule has 0 heterocycles. The van der Waals surface area contributed by atoms with E-state index in [1.54, 1.807) is 0 Å². The lowest BCUT2D eigenvalue weighted by molar-refractivity contribution is -0.142. The highest BCUT2D eigenvalue weighted by atomic mass is 32.1. The molecule has 0 aliphatic carbocycles. The molecule has 0 aromatic carbocycles. The number of aliphatic hydroxyl groups is 1. The first-order valence-electron chi connectivity index (χ1n) is 9.55. The summed E-state index contributed by atoms with van der Waals surface area (Å²) in [5.74, 6) is -5.86. The largest absolute Gasteiger partial charge is 0.480 e. The van der Waals surface area contributed by atoms with Gasteiger partial charge in [-0.2, -0.15) is 12.6 Å². The first-order valence-corrected chi connectivity index (χ1v) is 10.2. The Kier molecular flexibility index (Phi) is 12.9. The number of hydrogen-bond donors (Lipinski definition) is 9. The number of nitrogens with one attached hydrogen (secondary N) is 3. The van der Waals surface area contributed by atoms with Crippen LogP contribution in [0.4, 0.5) is 0 Å². The Balaban J connectivity index is 5.37. The SMILES string of the molecule is CC(O)C(N)C(=O)NC(CS)C(=O)NC(CCC(N)=O)C(=O)NC(CCC(N)=O)C(=O)O. The van der Waals surface area contributed by atoms with E-state index in [2.05, 4.69) is 28.6 Å². The van der Waals surface area contributed by atoms with Gasteiger partial charge in [0.2, 0.25) is 29.5 Å². The van der Waals surface area contributed by atoms with Gasteiger partial charge in [-0.05, 0) is 19.8 Å². The summed E-state index contributed by atoms with van der Waals surface area (Å²) in [4.78, 5) is 70.4. The highest BCUT2D eigenvalue weighted by Crippen LogP contribution is 2.04. The van der Waals surface area contributed by atoms with Crippen molar-refractivity contribution in [1.82, 2.24) is 16.0 Å². The molecule has 0 fully saturated rings. The van der Waals surface area contributed by atoms with Crippen LogP contribution in [0.25, 0.3) is 0 Å². The molecule has 32 heavy (non-hydrogen) atoms. The molecule has 15 heteroatoms. The molecule has 0 saturated heterocycles. The van der Waals surface area contributed by atoms with Crippen molar-refractivity contribution in [2.75, 3.05) is 5.75 Å². The van der Waals surface area contributed by atoms with Gasteiger partial charge in [0.05, 0.1) is 6.10 Å². The number of carbonyl (C=O) groups is 6. The molecule has 11 N–H and O–H groups in total. The van der Waals surface area contributed by atoms with Gasteiger partial charge < -0.3 is 43.4 Å². The second kappa shape index (κ2) is 14.2. The predicted molar refractivity (Wildman–Crippen MR) is 114 cm³/mol. The maximum Gasteiger partial charge on any atom is 0.326 e. The number of nitrogens with two attached hydrogens (primary N) is 3. The molecule has 0 rings (SSSR count). The minimum Gasteiger partial charge on any atom is -0.480 e. The molecule has 14 nitrogen and oxygen atoms in total. The van der Waals surface area contributed by atoms with Crippen LogP contribution in [0.1, 0.15) is 32.6 Å². The minimum absolute atomic E-state index is 0.204. The van der Waals surface area contributed by atoms with Crippen LogP contribution in [-0.4, -0.2) is 81.7 Å². The summed E-state index contributed by atoms with van der Waals surface area (Å²) in [5.41, 5.74) is 15.6. The third-order valence-electron chi connectivity index (χ3n) is 4.24. The molecule has 0 saturated carbocycles. The molecular formula is C17H30N6O8S. The number of carboxylic acids is 1. The van der Waals surface area contributed by atoms with Crippen LogP contribution in [0.5, 0.6) is 0 Å². The number of hydrogen-bond acceptors (Lipinski definition) is 9. The fraction of sp³-hybridized carbons (Fsp3) is 0.647. The number of amides is 5. The Labute approximate surface area is 189 Å². The number of aliphatic hydroxyl groups excluding tert-OH is 1. The zero-order chi connectivity index (χ0) is 25.0. The summed E-state index contributed by atoms with van der Waals surface area (Å²) in [6, 6.07) is -5.45. The second-order valence-electron chi connectivity index (χ2n) is 6.98. The summed E-state index contributed by atoms with van der Waals surface area (Å²) in [7, 11) is 0. The first kappa shape index (κ1) is 29.1. The third kappa shape index (κ3) is 10.9. The lowest BCUT2D eigenvalue weighted by atomic mass is 10.1. The van der Waals surface area contributed by atoms with E-state index in [0.29, 0.717) is 0 Å². The molecule has 5 atom stereocenters. The topological polar surface area (TPSA) is 257 Å². The van der Waals surface area contributed by atoms with Gasteiger partial charge in [0.1, 0.15) is 24.2 Å². The van der Waals surface area contributed by atoms with Crippen LogP contribution in [0.3, 0.4) is 0 Å². The number of aliphatic carboxylic acids is 1. The van der Waals surface area contributed by atoms with E-state index in [9.17, 15) is 39.0 Å². The number of primary amides is 2. The Morgan fingerprint density at radius 3 is 1.62 bits per heavy atom. The predicted octanol–water partition coefficient (Wildman–Crippen LogP) is -4.31. The van der Waals surface area contributed by atoms with Crippen molar-refractivity contribution >= 4 is 48.1 Å². The van der Waals surface area contributed by atoms with Gasteiger partial charge in [-0.15, -0.1) is 0 Å². The van der Waals surface area contributed by atoms with E-state index >= 15 is 0 Å². The molecule has 0 bridgehead atoms. The molecule has 0 aromatic rings. The summed E-state index contributed by atoms with van der Waals surface area (Å²) < 4.78 is 0. The van der Waals surface area contributed by atoms with Gasteiger partial charge in [0.25, 0.3) is 0 Å². The van der Waals surface area contributed by atoms with Crippen molar-refractivity contribution in [2.24, 2.45) is 17.2 Å². The number of carbonyl (C=O) groups excluding carboxylic acids is 5. The summed E-state index contributed by atoms with van der Waals surface area (Å²) >= 11 is 3.96. The van der Waals surface area contributed by atoms with E-state index in [1.807, 2.05) is 0 Å². The smallest absolute Gasteiger partial charge is 0.326 e. The molecule has 0 aromatic heterocycles. The Morgan fingerprint density at radius 1 is 0.812 bits per heavy atom. The Hall–Kier alpha value is -2.91. The van der Waals surface area contributed by atoms with Crippen LogP contribution in [0.2, 0.25) is 0 Å². The van der Waals surface area contributed by atoms with Gasteiger partial charge >= 0.3 is 5.97 Å². The zero-order valence-corrected chi connectivity index (χ0v) is 18.3. The maximum atomic E-state index is 12.6. The average molecular weight is 479 g/mol. The van der Waals surface area contributed by atoms with Crippen LogP contribution < -0.4 is 33.2 Å². The number of carboxylic acid groups (broad SMARTS) is 1. The molecule has 0 radical (unpaired) electrons. The molecule has 5 unspecified atom stereocenters. The molecule has 182 valence electrons. The highest BCUT2D eigenvalue weighted by molar-refractivity contribution is 7.80. The fourth-order valence-corrected chi connectivity index (χ4v) is 2.58. The van der Waals surface area contributed by atoms with Crippen molar-refractivity contribution in [3.05, 3.63) is 0 Å². The first-order chi connectivity index (χ1) is 14.8. The highest BCUT2D eigenvalue weighted by Gasteiger charge is 2.30. The maximum absolute atomic E-state index is 12.6. The molecule has 5 amide bonds. The van der Waals surface area contributed by atoms with Crippen LogP contribution in [0, 0.1) is 0 Å². The summed E-state index contributed by atoms with van der Waals surface area (Å²) in [6.07, 6.45) is -2.38. The van der Waals surface area contributed by atoms with Crippen molar-refractivity contribution in [3.63, 3.8) is 0 Å². The summed E-state index contributed by atoms with van der Waals surface area (Å²) in [5, 5.41) is 25.3. The van der Waals surface area contributed by atoms with Gasteiger partial charge in [0.15, 0.2) is 0 Å². The quantitative estimate of drug-likeness (QED) is 0.103. The monoisotopic (exact) mass is 478 g/mol. The Bertz CT molecular complexity index is 719. The van der Waals surface area contributed by atoms with Gasteiger partial charge in [-0.25, -0.2) is 4.79 Å².